The monoisotopic (exact) mass is 1450 g/mol. The number of rotatable bonds is 44. The van der Waals surface area contributed by atoms with Gasteiger partial charge in [-0.25, -0.2) is 4.79 Å². The number of aliphatic imine (C=N–C) groups is 1. The first kappa shape index (κ1) is 87.7. The Morgan fingerprint density at radius 2 is 0.931 bits per heavy atom. The Bertz CT molecular complexity index is 3060. The number of guanidine groups is 1. The Hall–Kier alpha value is -10.3. The zero-order chi connectivity index (χ0) is 77.2. The van der Waals surface area contributed by atoms with E-state index in [1.807, 2.05) is 0 Å². The lowest BCUT2D eigenvalue weighted by Crippen LogP contribution is -2.58. The Kier molecular flexibility index (Phi) is 37.9. The molecule has 0 unspecified atom stereocenters. The van der Waals surface area contributed by atoms with Gasteiger partial charge in [-0.3, -0.25) is 86.5 Å². The summed E-state index contributed by atoms with van der Waals surface area (Å²) in [5.74, 6) is -17.8. The van der Waals surface area contributed by atoms with Crippen molar-refractivity contribution in [1.29, 1.82) is 0 Å². The minimum absolute atomic E-state index is 0.0210. The lowest BCUT2D eigenvalue weighted by atomic mass is 9.98. The van der Waals surface area contributed by atoms with Gasteiger partial charge >= 0.3 is 5.97 Å². The van der Waals surface area contributed by atoms with Crippen LogP contribution >= 0.6 is 0 Å². The molecule has 2 aliphatic rings. The second-order valence-electron chi connectivity index (χ2n) is 25.3. The number of carbonyl (C=O) groups is 18. The van der Waals surface area contributed by atoms with Crippen molar-refractivity contribution < 1.29 is 96.5 Å². The van der Waals surface area contributed by atoms with Crippen LogP contribution in [0.1, 0.15) is 126 Å². The van der Waals surface area contributed by atoms with E-state index in [2.05, 4.69) is 74.1 Å². The average molecular weight is 1450 g/mol. The maximum Gasteiger partial charge on any atom is 0.326 e. The van der Waals surface area contributed by atoms with E-state index >= 15 is 0 Å². The first-order valence-electron chi connectivity index (χ1n) is 33.4. The zero-order valence-electron chi connectivity index (χ0n) is 58.7. The summed E-state index contributed by atoms with van der Waals surface area (Å²) in [6.07, 6.45) is -1.93. The summed E-state index contributed by atoms with van der Waals surface area (Å²) in [6, 6.07) is -13.5. The van der Waals surface area contributed by atoms with E-state index in [0.29, 0.717) is 12.8 Å². The lowest BCUT2D eigenvalue weighted by molar-refractivity contribution is -0.144. The first-order chi connectivity index (χ1) is 47.8. The van der Waals surface area contributed by atoms with Crippen molar-refractivity contribution in [3.8, 4) is 0 Å². The fraction of sp³-hybridized carbons (Fsp3) is 0.689. The largest absolute Gasteiger partial charge is 0.480 e. The number of hydrogen-bond donors (Lipinski definition) is 20. The van der Waals surface area contributed by atoms with Gasteiger partial charge < -0.3 is 118 Å². The number of hydrogen-bond acceptors (Lipinski definition) is 21. The van der Waals surface area contributed by atoms with Crippen molar-refractivity contribution in [3.63, 3.8) is 0 Å². The molecule has 0 aromatic rings. The number of nitrogens with zero attached hydrogens (tertiary/aromatic N) is 3. The van der Waals surface area contributed by atoms with Crippen molar-refractivity contribution in [3.05, 3.63) is 0 Å². The van der Waals surface area contributed by atoms with Gasteiger partial charge in [0.1, 0.15) is 60.4 Å². The average Bonchev–Trinajstić information content (AvgIpc) is 1.62. The Labute approximate surface area is 588 Å². The third-order valence-electron chi connectivity index (χ3n) is 16.4. The molecule has 0 spiro atoms. The van der Waals surface area contributed by atoms with Crippen LogP contribution in [0.4, 0.5) is 0 Å². The smallest absolute Gasteiger partial charge is 0.326 e. The zero-order valence-corrected chi connectivity index (χ0v) is 58.7. The summed E-state index contributed by atoms with van der Waals surface area (Å²) >= 11 is 0. The molecule has 0 bridgehead atoms. The quantitative estimate of drug-likeness (QED) is 0.0153. The number of aliphatic carboxylic acids is 1. The molecule has 12 atom stereocenters. The summed E-state index contributed by atoms with van der Waals surface area (Å²) in [5.41, 5.74) is 26.8. The lowest BCUT2D eigenvalue weighted by Gasteiger charge is -2.30. The number of aliphatic hydroxyl groups excluding tert-OH is 1. The van der Waals surface area contributed by atoms with Gasteiger partial charge in [0, 0.05) is 32.5 Å². The summed E-state index contributed by atoms with van der Waals surface area (Å²) in [5, 5.41) is 51.1. The molecule has 102 heavy (non-hydrogen) atoms. The predicted octanol–water partition coefficient (Wildman–Crippen LogP) is -10.2. The van der Waals surface area contributed by atoms with Gasteiger partial charge in [0.25, 0.3) is 0 Å². The maximum absolute atomic E-state index is 13.8. The molecule has 2 heterocycles. The molecule has 572 valence electrons. The van der Waals surface area contributed by atoms with Crippen molar-refractivity contribution in [2.45, 2.75) is 193 Å². The Balaban J connectivity index is 2.11. The van der Waals surface area contributed by atoms with E-state index in [1.165, 1.54) is 13.8 Å². The van der Waals surface area contributed by atoms with Crippen LogP contribution in [0.5, 0.6) is 0 Å². The minimum atomic E-state index is -1.57. The number of carbonyl (C=O) groups excluding carboxylic acids is 17. The first-order valence-corrected chi connectivity index (χ1v) is 33.4. The Morgan fingerprint density at radius 3 is 1.42 bits per heavy atom. The molecule has 2 aliphatic heterocycles. The highest BCUT2D eigenvalue weighted by Gasteiger charge is 2.42. The van der Waals surface area contributed by atoms with Gasteiger partial charge in [0.15, 0.2) is 5.96 Å². The van der Waals surface area contributed by atoms with Crippen LogP contribution in [0.3, 0.4) is 0 Å². The highest BCUT2D eigenvalue weighted by Crippen LogP contribution is 2.21. The van der Waals surface area contributed by atoms with Crippen LogP contribution in [0.15, 0.2) is 4.99 Å². The second-order valence-corrected chi connectivity index (χ2v) is 25.3. The Morgan fingerprint density at radius 1 is 0.471 bits per heavy atom. The van der Waals surface area contributed by atoms with Crippen LogP contribution in [0.2, 0.25) is 0 Å². The molecule has 2 fully saturated rings. The van der Waals surface area contributed by atoms with Crippen LogP contribution < -0.4 is 97.8 Å². The van der Waals surface area contributed by atoms with Gasteiger partial charge in [-0.2, -0.15) is 0 Å². The fourth-order valence-electron chi connectivity index (χ4n) is 10.4. The number of carboxylic acid groups (broad SMARTS) is 1. The van der Waals surface area contributed by atoms with E-state index in [-0.39, 0.29) is 64.1 Å². The third-order valence-corrected chi connectivity index (χ3v) is 16.4. The summed E-state index contributed by atoms with van der Waals surface area (Å²) < 4.78 is 0. The number of carboxylic acids is 1. The molecule has 25 N–H and O–H groups in total. The molecule has 0 aromatic carbocycles. The molecule has 17 amide bonds. The van der Waals surface area contributed by atoms with Crippen molar-refractivity contribution in [1.82, 2.24) is 78.9 Å². The molecular formula is C61H103N21O20. The van der Waals surface area contributed by atoms with Crippen LogP contribution in [-0.2, 0) is 86.3 Å². The number of nitrogens with one attached hydrogen (secondary N) is 13. The van der Waals surface area contributed by atoms with E-state index in [1.54, 1.807) is 41.5 Å². The highest BCUT2D eigenvalue weighted by atomic mass is 16.4. The van der Waals surface area contributed by atoms with Crippen molar-refractivity contribution >= 4 is 112 Å². The van der Waals surface area contributed by atoms with Gasteiger partial charge in [-0.15, -0.1) is 0 Å². The second kappa shape index (κ2) is 44.0. The van der Waals surface area contributed by atoms with E-state index < -0.39 is 249 Å². The SMILES string of the molecule is CC[C@H](C)[C@H](NC(=O)CNC(=O)[C@H](CCC(N)=O)NC(=O)[C@@H]1CCCN1C(=O)CNC(=O)[C@@H]1CCCN1C(=O)[C@@H](NC(=O)CNC(=O)CN)[C@@H](C)O)C(=O)N[C@@H](C)C(=O)NCC(=O)N[C@@H](CCC(N)=O)C(=O)N[C@@H](CCCN=C(N)N)C(=O)NCC(=O)N[C@H](C(=O)N[C@H](C(=O)O)C(C)C)C(C)C. The maximum atomic E-state index is 13.8. The number of amides is 17. The number of primary amides is 2. The number of likely N-dealkylation sites (tertiary alicyclic amines) is 2. The predicted molar refractivity (Wildman–Crippen MR) is 360 cm³/mol. The van der Waals surface area contributed by atoms with Gasteiger partial charge in [0.05, 0.1) is 45.4 Å². The number of aliphatic hydroxyl groups is 1. The molecule has 0 aromatic heterocycles. The summed E-state index contributed by atoms with van der Waals surface area (Å²) in [4.78, 5) is 241. The molecule has 0 radical (unpaired) electrons. The van der Waals surface area contributed by atoms with Crippen LogP contribution in [0.25, 0.3) is 0 Å². The number of nitrogens with two attached hydrogens (primary N) is 5. The van der Waals surface area contributed by atoms with Crippen LogP contribution in [-0.4, -0.2) is 258 Å². The minimum Gasteiger partial charge on any atom is -0.480 e. The molecule has 2 saturated heterocycles. The van der Waals surface area contributed by atoms with Gasteiger partial charge in [0.2, 0.25) is 100 Å². The molecular weight excluding hydrogens is 1350 g/mol. The van der Waals surface area contributed by atoms with Gasteiger partial charge in [-0.1, -0.05) is 48.0 Å². The van der Waals surface area contributed by atoms with Crippen molar-refractivity contribution in [2.75, 3.05) is 58.9 Å². The highest BCUT2D eigenvalue weighted by molar-refractivity contribution is 6.00. The topological polar surface area (TPSA) is 653 Å². The molecule has 0 aliphatic carbocycles. The van der Waals surface area contributed by atoms with Gasteiger partial charge in [-0.05, 0) is 83.0 Å². The molecule has 41 nitrogen and oxygen atoms in total. The van der Waals surface area contributed by atoms with Crippen molar-refractivity contribution in [2.24, 2.45) is 51.4 Å². The third kappa shape index (κ3) is 30.6. The van der Waals surface area contributed by atoms with E-state index in [4.69, 9.17) is 28.7 Å². The standard InChI is InChI=1S/C61H103N21O20/c1-9-31(6)49(78-45(90)27-71-53(94)35(16-18-39(63)84)76-56(97)38-15-11-21-81(38)46(91)28-72-55(96)37-14-12-22-82(37)59(100)50(33(8)83)79-43(88)24-68-41(86)23-62)58(99)73-32(7)51(92)69-25-42(87)74-36(17-19-40(64)85)54(95)75-34(13-10-20-67-61(65)66)52(93)70-26-44(89)77-47(29(2)3)57(98)80-48(30(4)5)60(101)102/h29-38,47-50,83H,9-28,62H2,1-8H3,(H2,63,84)(H2,64,85)(H,68,86)(H,69,92)(H,70,93)(H,71,94)(H,72,96)(H,73,99)(H,74,87)(H,75,95)(H,76,97)(H,77,89)(H,78,90)(H,79,88)(H,80,98)(H,101,102)(H4,65,66,67)/t31-,32-,33+,34-,35-,36-,37-,38-,47-,48-,49-,50-/m0/s1. The fourth-order valence-corrected chi connectivity index (χ4v) is 10.4. The normalized spacial score (nSPS) is 16.9. The molecule has 41 heteroatoms. The summed E-state index contributed by atoms with van der Waals surface area (Å²) in [7, 11) is 0. The van der Waals surface area contributed by atoms with Crippen LogP contribution in [0, 0.1) is 17.8 Å². The summed E-state index contributed by atoms with van der Waals surface area (Å²) in [6.45, 7) is 8.28. The molecule has 0 saturated carbocycles. The molecule has 2 rings (SSSR count). The van der Waals surface area contributed by atoms with E-state index in [9.17, 15) is 96.5 Å². The van der Waals surface area contributed by atoms with E-state index in [0.717, 1.165) is 9.80 Å².